The fraction of sp³-hybridized carbons (Fsp3) is 0.500. The van der Waals surface area contributed by atoms with Crippen molar-refractivity contribution in [3.63, 3.8) is 0 Å². The minimum absolute atomic E-state index is 0.0499. The van der Waals surface area contributed by atoms with Crippen LogP contribution in [0.2, 0.25) is 5.28 Å². The maximum atomic E-state index is 13.1. The van der Waals surface area contributed by atoms with Gasteiger partial charge in [-0.2, -0.15) is 4.98 Å². The van der Waals surface area contributed by atoms with Crippen LogP contribution in [0.3, 0.4) is 0 Å². The second-order valence-corrected chi connectivity index (χ2v) is 3.15. The largest absolute Gasteiger partial charge is 0.394 e. The van der Waals surface area contributed by atoms with Gasteiger partial charge >= 0.3 is 0 Å². The van der Waals surface area contributed by atoms with Gasteiger partial charge in [-0.05, 0) is 11.6 Å². The van der Waals surface area contributed by atoms with Crippen LogP contribution in [0.15, 0.2) is 6.20 Å². The van der Waals surface area contributed by atoms with Crippen molar-refractivity contribution in [2.24, 2.45) is 0 Å². The molecule has 15 heavy (non-hydrogen) atoms. The molecule has 0 saturated carbocycles. The van der Waals surface area contributed by atoms with Crippen molar-refractivity contribution in [3.8, 4) is 0 Å². The molecule has 0 saturated heterocycles. The number of nitrogens with one attached hydrogen (secondary N) is 1. The molecule has 2 N–H and O–H groups in total. The Kier molecular flexibility index (Phi) is 4.67. The maximum absolute atomic E-state index is 13.1. The second-order valence-electron chi connectivity index (χ2n) is 2.81. The first-order valence-electron chi connectivity index (χ1n) is 4.21. The van der Waals surface area contributed by atoms with Gasteiger partial charge in [0.05, 0.1) is 25.5 Å². The molecule has 0 aromatic carbocycles. The third kappa shape index (κ3) is 3.58. The number of aliphatic hydroxyl groups excluding tert-OH is 1. The summed E-state index contributed by atoms with van der Waals surface area (Å²) in [6.45, 7) is 0.0342. The van der Waals surface area contributed by atoms with Crippen LogP contribution in [0.4, 0.5) is 10.2 Å². The first-order chi connectivity index (χ1) is 7.17. The highest BCUT2D eigenvalue weighted by Gasteiger charge is 2.11. The standard InChI is InChI=1S/C8H11ClFN3O2/c1-15-4-5(3-14)12-7-6(10)2-11-8(9)13-7/h2,5,14H,3-4H2,1H3,(H,11,12,13). The Morgan fingerprint density at radius 3 is 3.07 bits per heavy atom. The minimum Gasteiger partial charge on any atom is -0.394 e. The van der Waals surface area contributed by atoms with Gasteiger partial charge in [0, 0.05) is 7.11 Å². The Morgan fingerprint density at radius 1 is 1.73 bits per heavy atom. The van der Waals surface area contributed by atoms with E-state index in [4.69, 9.17) is 21.4 Å². The third-order valence-electron chi connectivity index (χ3n) is 1.64. The van der Waals surface area contributed by atoms with Crippen LogP contribution in [0.25, 0.3) is 0 Å². The molecule has 0 aliphatic rings. The van der Waals surface area contributed by atoms with E-state index >= 15 is 0 Å². The summed E-state index contributed by atoms with van der Waals surface area (Å²) in [5, 5.41) is 11.5. The monoisotopic (exact) mass is 235 g/mol. The Morgan fingerprint density at radius 2 is 2.47 bits per heavy atom. The number of ether oxygens (including phenoxy) is 1. The molecule has 0 amide bonds. The lowest BCUT2D eigenvalue weighted by atomic mass is 10.3. The number of methoxy groups -OCH3 is 1. The molecule has 1 unspecified atom stereocenters. The van der Waals surface area contributed by atoms with Gasteiger partial charge in [-0.1, -0.05) is 0 Å². The normalized spacial score (nSPS) is 12.5. The molecule has 0 aliphatic heterocycles. The zero-order chi connectivity index (χ0) is 11.3. The molecule has 1 aromatic rings. The summed E-state index contributed by atoms with van der Waals surface area (Å²) in [5.74, 6) is -0.681. The molecular formula is C8H11ClFN3O2. The molecule has 1 heterocycles. The summed E-state index contributed by atoms with van der Waals surface area (Å²) >= 11 is 5.50. The first-order valence-corrected chi connectivity index (χ1v) is 4.59. The summed E-state index contributed by atoms with van der Waals surface area (Å²) in [5.41, 5.74) is 0. The predicted octanol–water partition coefficient (Wildman–Crippen LogP) is 0.688. The number of anilines is 1. The molecule has 1 atom stereocenters. The van der Waals surface area contributed by atoms with Crippen LogP contribution in [0.5, 0.6) is 0 Å². The van der Waals surface area contributed by atoms with E-state index in [9.17, 15) is 4.39 Å². The second kappa shape index (κ2) is 5.79. The van der Waals surface area contributed by atoms with E-state index in [2.05, 4.69) is 15.3 Å². The van der Waals surface area contributed by atoms with Crippen LogP contribution in [0.1, 0.15) is 0 Å². The van der Waals surface area contributed by atoms with Gasteiger partial charge < -0.3 is 15.2 Å². The maximum Gasteiger partial charge on any atom is 0.224 e. The van der Waals surface area contributed by atoms with E-state index in [0.29, 0.717) is 0 Å². The van der Waals surface area contributed by atoms with E-state index in [-0.39, 0.29) is 24.3 Å². The summed E-state index contributed by atoms with van der Waals surface area (Å²) in [6.07, 6.45) is 0.957. The van der Waals surface area contributed by atoms with E-state index in [1.165, 1.54) is 7.11 Å². The van der Waals surface area contributed by atoms with Gasteiger partial charge in [0.1, 0.15) is 0 Å². The molecule has 0 spiro atoms. The smallest absolute Gasteiger partial charge is 0.224 e. The molecule has 84 valence electrons. The fourth-order valence-electron chi connectivity index (χ4n) is 0.981. The van der Waals surface area contributed by atoms with Crippen molar-refractivity contribution < 1.29 is 14.2 Å². The van der Waals surface area contributed by atoms with Crippen molar-refractivity contribution in [3.05, 3.63) is 17.3 Å². The lowest BCUT2D eigenvalue weighted by Crippen LogP contribution is -2.29. The Bertz CT molecular complexity index is 327. The van der Waals surface area contributed by atoms with E-state index in [1.807, 2.05) is 0 Å². The molecule has 5 nitrogen and oxygen atoms in total. The highest BCUT2D eigenvalue weighted by atomic mass is 35.5. The van der Waals surface area contributed by atoms with Crippen molar-refractivity contribution >= 4 is 17.4 Å². The molecule has 0 radical (unpaired) electrons. The number of rotatable bonds is 5. The van der Waals surface area contributed by atoms with E-state index in [1.54, 1.807) is 0 Å². The number of aromatic nitrogens is 2. The average Bonchev–Trinajstić information content (AvgIpc) is 2.22. The lowest BCUT2D eigenvalue weighted by molar-refractivity contribution is 0.153. The molecular weight excluding hydrogens is 225 g/mol. The fourth-order valence-corrected chi connectivity index (χ4v) is 1.11. The van der Waals surface area contributed by atoms with Crippen LogP contribution in [-0.4, -0.2) is 41.4 Å². The van der Waals surface area contributed by atoms with Gasteiger partial charge in [-0.25, -0.2) is 9.37 Å². The van der Waals surface area contributed by atoms with Gasteiger partial charge in [-0.3, -0.25) is 0 Å². The summed E-state index contributed by atoms with van der Waals surface area (Å²) in [7, 11) is 1.48. The Labute approximate surface area is 91.3 Å². The van der Waals surface area contributed by atoms with Gasteiger partial charge in [-0.15, -0.1) is 0 Å². The molecule has 1 aromatic heterocycles. The Hall–Kier alpha value is -0.980. The van der Waals surface area contributed by atoms with Crippen LogP contribution in [-0.2, 0) is 4.74 Å². The quantitative estimate of drug-likeness (QED) is 0.735. The average molecular weight is 236 g/mol. The predicted molar refractivity (Wildman–Crippen MR) is 53.4 cm³/mol. The summed E-state index contributed by atoms with van der Waals surface area (Å²) in [4.78, 5) is 7.11. The summed E-state index contributed by atoms with van der Waals surface area (Å²) in [6, 6.07) is -0.435. The van der Waals surface area contributed by atoms with Crippen molar-refractivity contribution in [2.75, 3.05) is 25.6 Å². The summed E-state index contributed by atoms with van der Waals surface area (Å²) < 4.78 is 18.0. The van der Waals surface area contributed by atoms with Crippen LogP contribution >= 0.6 is 11.6 Å². The first kappa shape index (κ1) is 12.1. The number of hydrogen-bond donors (Lipinski definition) is 2. The van der Waals surface area contributed by atoms with E-state index < -0.39 is 11.9 Å². The zero-order valence-electron chi connectivity index (χ0n) is 8.07. The molecule has 0 bridgehead atoms. The van der Waals surface area contributed by atoms with Crippen LogP contribution < -0.4 is 5.32 Å². The van der Waals surface area contributed by atoms with Crippen molar-refractivity contribution in [2.45, 2.75) is 6.04 Å². The topological polar surface area (TPSA) is 67.3 Å². The molecule has 1 rings (SSSR count). The van der Waals surface area contributed by atoms with E-state index in [0.717, 1.165) is 6.20 Å². The van der Waals surface area contributed by atoms with Gasteiger partial charge in [0.2, 0.25) is 5.28 Å². The van der Waals surface area contributed by atoms with Crippen LogP contribution in [0, 0.1) is 5.82 Å². The van der Waals surface area contributed by atoms with Gasteiger partial charge in [0.25, 0.3) is 0 Å². The number of aliphatic hydroxyl groups is 1. The highest BCUT2D eigenvalue weighted by molar-refractivity contribution is 6.28. The molecule has 0 fully saturated rings. The Balaban J connectivity index is 2.73. The minimum atomic E-state index is -0.631. The van der Waals surface area contributed by atoms with Gasteiger partial charge in [0.15, 0.2) is 11.6 Å². The number of nitrogens with zero attached hydrogens (tertiary/aromatic N) is 2. The highest BCUT2D eigenvalue weighted by Crippen LogP contribution is 2.12. The molecule has 0 aliphatic carbocycles. The van der Waals surface area contributed by atoms with Crippen molar-refractivity contribution in [1.82, 2.24) is 9.97 Å². The SMILES string of the molecule is COCC(CO)Nc1nc(Cl)ncc1F. The lowest BCUT2D eigenvalue weighted by Gasteiger charge is -2.15. The number of halogens is 2. The third-order valence-corrected chi connectivity index (χ3v) is 1.83. The zero-order valence-corrected chi connectivity index (χ0v) is 8.83. The van der Waals surface area contributed by atoms with Crippen molar-refractivity contribution in [1.29, 1.82) is 0 Å². The molecule has 7 heteroatoms. The number of hydrogen-bond acceptors (Lipinski definition) is 5.